The van der Waals surface area contributed by atoms with E-state index in [1.165, 1.54) is 56.8 Å². The number of hydrogen-bond donors (Lipinski definition) is 0. The minimum atomic E-state index is 0.841. The Kier molecular flexibility index (Phi) is 5.27. The van der Waals surface area contributed by atoms with Crippen LogP contribution in [0, 0.1) is 12.8 Å². The highest BCUT2D eigenvalue weighted by Gasteiger charge is 2.23. The quantitative estimate of drug-likeness (QED) is 0.847. The summed E-state index contributed by atoms with van der Waals surface area (Å²) < 4.78 is 0. The van der Waals surface area contributed by atoms with Crippen molar-refractivity contribution in [2.75, 3.05) is 57.8 Å². The summed E-state index contributed by atoms with van der Waals surface area (Å²) in [7, 11) is 2.26. The van der Waals surface area contributed by atoms with E-state index in [0.29, 0.717) is 0 Å². The Balaban J connectivity index is 1.53. The molecule has 0 radical (unpaired) electrons. The van der Waals surface area contributed by atoms with Crippen LogP contribution in [-0.4, -0.2) is 62.7 Å². The third-order valence-electron chi connectivity index (χ3n) is 5.12. The van der Waals surface area contributed by atoms with E-state index in [1.54, 1.807) is 0 Å². The van der Waals surface area contributed by atoms with Gasteiger partial charge in [0.1, 0.15) is 0 Å². The first-order chi connectivity index (χ1) is 10.6. The van der Waals surface area contributed by atoms with E-state index in [1.807, 2.05) is 6.07 Å². The molecule has 1 atom stereocenters. The zero-order valence-corrected chi connectivity index (χ0v) is 14.6. The van der Waals surface area contributed by atoms with Gasteiger partial charge < -0.3 is 9.80 Å². The van der Waals surface area contributed by atoms with Gasteiger partial charge in [0.15, 0.2) is 0 Å². The van der Waals surface area contributed by atoms with Gasteiger partial charge in [0, 0.05) is 50.0 Å². The van der Waals surface area contributed by atoms with Crippen molar-refractivity contribution in [3.63, 3.8) is 0 Å². The van der Waals surface area contributed by atoms with Crippen LogP contribution in [0.3, 0.4) is 0 Å². The molecular formula is C18H28ClN3. The first-order valence-corrected chi connectivity index (χ1v) is 8.91. The van der Waals surface area contributed by atoms with Gasteiger partial charge in [-0.3, -0.25) is 4.90 Å². The molecule has 4 heteroatoms. The zero-order chi connectivity index (χ0) is 15.5. The molecular weight excluding hydrogens is 294 g/mol. The van der Waals surface area contributed by atoms with Crippen LogP contribution in [0.5, 0.6) is 0 Å². The molecule has 2 aliphatic heterocycles. The Bertz CT molecular complexity index is 497. The van der Waals surface area contributed by atoms with Crippen LogP contribution in [0.15, 0.2) is 18.2 Å². The lowest BCUT2D eigenvalue weighted by Gasteiger charge is -2.39. The summed E-state index contributed by atoms with van der Waals surface area (Å²) in [6.45, 7) is 10.6. The number of benzene rings is 1. The Morgan fingerprint density at radius 3 is 2.64 bits per heavy atom. The number of aryl methyl sites for hydroxylation is 1. The maximum atomic E-state index is 6.17. The van der Waals surface area contributed by atoms with E-state index >= 15 is 0 Å². The van der Waals surface area contributed by atoms with E-state index in [4.69, 9.17) is 11.6 Å². The van der Waals surface area contributed by atoms with Crippen molar-refractivity contribution in [3.8, 4) is 0 Å². The fraction of sp³-hybridized carbons (Fsp3) is 0.667. The predicted molar refractivity (Wildman–Crippen MR) is 95.1 cm³/mol. The summed E-state index contributed by atoms with van der Waals surface area (Å²) in [5, 5.41) is 0.841. The normalized spacial score (nSPS) is 24.7. The van der Waals surface area contributed by atoms with E-state index in [-0.39, 0.29) is 0 Å². The van der Waals surface area contributed by atoms with Gasteiger partial charge in [-0.2, -0.15) is 0 Å². The largest absolute Gasteiger partial charge is 0.369 e. The third kappa shape index (κ3) is 3.95. The summed E-state index contributed by atoms with van der Waals surface area (Å²) in [6.07, 6.45) is 2.76. The molecule has 0 amide bonds. The van der Waals surface area contributed by atoms with E-state index in [2.05, 4.69) is 40.8 Å². The van der Waals surface area contributed by atoms with Crippen LogP contribution in [0.1, 0.15) is 18.4 Å². The van der Waals surface area contributed by atoms with Crippen molar-refractivity contribution >= 4 is 17.3 Å². The molecule has 0 aliphatic carbocycles. The molecule has 0 bridgehead atoms. The molecule has 1 aromatic carbocycles. The van der Waals surface area contributed by atoms with Crippen molar-refractivity contribution in [3.05, 3.63) is 28.8 Å². The first-order valence-electron chi connectivity index (χ1n) is 8.54. The topological polar surface area (TPSA) is 9.72 Å². The summed E-state index contributed by atoms with van der Waals surface area (Å²) in [5.74, 6) is 0.859. The highest BCUT2D eigenvalue weighted by atomic mass is 35.5. The number of hydrogen-bond acceptors (Lipinski definition) is 3. The molecule has 3 nitrogen and oxygen atoms in total. The molecule has 22 heavy (non-hydrogen) atoms. The molecule has 3 rings (SSSR count). The van der Waals surface area contributed by atoms with Gasteiger partial charge in [-0.05, 0) is 57.0 Å². The van der Waals surface area contributed by atoms with E-state index in [0.717, 1.165) is 24.0 Å². The highest BCUT2D eigenvalue weighted by molar-refractivity contribution is 6.30. The van der Waals surface area contributed by atoms with E-state index in [9.17, 15) is 0 Å². The highest BCUT2D eigenvalue weighted by Crippen LogP contribution is 2.26. The summed E-state index contributed by atoms with van der Waals surface area (Å²) >= 11 is 6.17. The minimum Gasteiger partial charge on any atom is -0.369 e. The molecule has 2 fully saturated rings. The minimum absolute atomic E-state index is 0.841. The standard InChI is InChI=1S/C18H28ClN3/c1-15-5-6-17(19)12-18(15)22-10-8-21(9-11-22)14-16-4-3-7-20(2)13-16/h5-6,12,16H,3-4,7-11,13-14H2,1-2H3. The van der Waals surface area contributed by atoms with Crippen molar-refractivity contribution in [1.82, 2.24) is 9.80 Å². The molecule has 0 saturated carbocycles. The zero-order valence-electron chi connectivity index (χ0n) is 13.9. The van der Waals surface area contributed by atoms with Crippen molar-refractivity contribution in [2.24, 2.45) is 5.92 Å². The number of halogens is 1. The van der Waals surface area contributed by atoms with Gasteiger partial charge in [0.2, 0.25) is 0 Å². The van der Waals surface area contributed by atoms with Gasteiger partial charge in [-0.1, -0.05) is 17.7 Å². The van der Waals surface area contributed by atoms with Crippen LogP contribution in [0.4, 0.5) is 5.69 Å². The lowest BCUT2D eigenvalue weighted by Crippen LogP contribution is -2.49. The average Bonchev–Trinajstić information content (AvgIpc) is 2.51. The van der Waals surface area contributed by atoms with Crippen molar-refractivity contribution < 1.29 is 0 Å². The Morgan fingerprint density at radius 2 is 1.91 bits per heavy atom. The molecule has 2 heterocycles. The van der Waals surface area contributed by atoms with Crippen LogP contribution in [0.25, 0.3) is 0 Å². The van der Waals surface area contributed by atoms with Gasteiger partial charge >= 0.3 is 0 Å². The van der Waals surface area contributed by atoms with Gasteiger partial charge in [-0.25, -0.2) is 0 Å². The average molecular weight is 322 g/mol. The summed E-state index contributed by atoms with van der Waals surface area (Å²) in [6, 6.07) is 6.22. The first kappa shape index (κ1) is 16.1. The van der Waals surface area contributed by atoms with Gasteiger partial charge in [0.05, 0.1) is 0 Å². The Labute approximate surface area is 139 Å². The molecule has 2 saturated heterocycles. The second kappa shape index (κ2) is 7.20. The number of nitrogens with zero attached hydrogens (tertiary/aromatic N) is 3. The van der Waals surface area contributed by atoms with Crippen LogP contribution < -0.4 is 4.90 Å². The number of piperidine rings is 1. The SMILES string of the molecule is Cc1ccc(Cl)cc1N1CCN(CC2CCCN(C)C2)CC1. The molecule has 1 aromatic rings. The molecule has 1 unspecified atom stereocenters. The lowest BCUT2D eigenvalue weighted by molar-refractivity contribution is 0.147. The second-order valence-corrected chi connectivity index (χ2v) is 7.43. The van der Waals surface area contributed by atoms with Crippen LogP contribution in [0.2, 0.25) is 5.02 Å². The fourth-order valence-electron chi connectivity index (χ4n) is 3.88. The fourth-order valence-corrected chi connectivity index (χ4v) is 4.05. The monoisotopic (exact) mass is 321 g/mol. The smallest absolute Gasteiger partial charge is 0.0426 e. The number of piperazine rings is 1. The summed E-state index contributed by atoms with van der Waals surface area (Å²) in [4.78, 5) is 7.63. The third-order valence-corrected chi connectivity index (χ3v) is 5.36. The molecule has 122 valence electrons. The van der Waals surface area contributed by atoms with Crippen LogP contribution in [-0.2, 0) is 0 Å². The maximum Gasteiger partial charge on any atom is 0.0426 e. The Hall–Kier alpha value is -0.770. The predicted octanol–water partition coefficient (Wildman–Crippen LogP) is 3.11. The lowest BCUT2D eigenvalue weighted by atomic mass is 9.97. The maximum absolute atomic E-state index is 6.17. The number of anilines is 1. The van der Waals surface area contributed by atoms with Crippen LogP contribution >= 0.6 is 11.6 Å². The Morgan fingerprint density at radius 1 is 1.14 bits per heavy atom. The van der Waals surface area contributed by atoms with Gasteiger partial charge in [-0.15, -0.1) is 0 Å². The van der Waals surface area contributed by atoms with Crippen molar-refractivity contribution in [2.45, 2.75) is 19.8 Å². The van der Waals surface area contributed by atoms with E-state index < -0.39 is 0 Å². The summed E-state index contributed by atoms with van der Waals surface area (Å²) in [5.41, 5.74) is 2.64. The number of rotatable bonds is 3. The molecule has 2 aliphatic rings. The molecule has 0 N–H and O–H groups in total. The van der Waals surface area contributed by atoms with Crippen molar-refractivity contribution in [1.29, 1.82) is 0 Å². The van der Waals surface area contributed by atoms with Gasteiger partial charge in [0.25, 0.3) is 0 Å². The number of likely N-dealkylation sites (tertiary alicyclic amines) is 1. The molecule has 0 spiro atoms. The molecule has 0 aromatic heterocycles. The second-order valence-electron chi connectivity index (χ2n) is 6.99.